The monoisotopic (exact) mass is 544 g/mol. The summed E-state index contributed by atoms with van der Waals surface area (Å²) in [5.41, 5.74) is 0.253. The zero-order valence-corrected chi connectivity index (χ0v) is 20.1. The Hall–Kier alpha value is -1.86. The Balaban J connectivity index is 1.30. The molecule has 2 aromatic heterocycles. The van der Waals surface area contributed by atoms with Crippen molar-refractivity contribution in [3.63, 3.8) is 0 Å². The molecular weight excluding hydrogens is 522 g/mol. The number of thiazole rings is 1. The number of carboxylic acid groups (broad SMARTS) is 1. The van der Waals surface area contributed by atoms with Crippen molar-refractivity contribution in [1.82, 2.24) is 24.8 Å². The first-order valence-electron chi connectivity index (χ1n) is 11.1. The fourth-order valence-electron chi connectivity index (χ4n) is 6.06. The standard InChI is InChI=1S/C20H23BrF2N6O3S/c21-17-24-14-15(27-7-11-4-12(23)13(8-27)29(11)19(30)31)25-18(26-16(14)33-17)32-9-20-2-1-3-28(20)6-10(22)5-20/h10-13H,1-9H2,(H,30,31)/t10-,11-,12?,13-,20+/m1/s1. The first-order chi connectivity index (χ1) is 15.8. The topological polar surface area (TPSA) is 94.9 Å². The lowest BCUT2D eigenvalue weighted by Gasteiger charge is -2.39. The third-order valence-electron chi connectivity index (χ3n) is 7.45. The minimum Gasteiger partial charge on any atom is -0.465 e. The van der Waals surface area contributed by atoms with Crippen molar-refractivity contribution in [3.05, 3.63) is 3.92 Å². The van der Waals surface area contributed by atoms with E-state index in [0.717, 1.165) is 19.4 Å². The molecule has 0 aliphatic carbocycles. The number of halogens is 3. The van der Waals surface area contributed by atoms with Crippen LogP contribution >= 0.6 is 27.3 Å². The molecule has 0 saturated carbocycles. The number of nitrogens with zero attached hydrogens (tertiary/aromatic N) is 6. The summed E-state index contributed by atoms with van der Waals surface area (Å²) in [6.07, 6.45) is -0.631. The molecule has 13 heteroatoms. The average molecular weight is 545 g/mol. The zero-order valence-electron chi connectivity index (χ0n) is 17.7. The maximum Gasteiger partial charge on any atom is 0.408 e. The van der Waals surface area contributed by atoms with Crippen LogP contribution in [0.15, 0.2) is 3.92 Å². The van der Waals surface area contributed by atoms with E-state index in [1.54, 1.807) is 0 Å². The van der Waals surface area contributed by atoms with Crippen molar-refractivity contribution in [2.24, 2.45) is 0 Å². The lowest BCUT2D eigenvalue weighted by molar-refractivity contribution is 0.104. The van der Waals surface area contributed by atoms with Crippen molar-refractivity contribution in [1.29, 1.82) is 0 Å². The molecule has 178 valence electrons. The van der Waals surface area contributed by atoms with E-state index in [9.17, 15) is 18.7 Å². The van der Waals surface area contributed by atoms with E-state index in [1.807, 2.05) is 4.90 Å². The Morgan fingerprint density at radius 3 is 2.91 bits per heavy atom. The van der Waals surface area contributed by atoms with E-state index < -0.39 is 30.5 Å². The number of hydrogen-bond donors (Lipinski definition) is 1. The Morgan fingerprint density at radius 1 is 1.27 bits per heavy atom. The lowest BCUT2D eigenvalue weighted by Crippen LogP contribution is -2.57. The predicted molar refractivity (Wildman–Crippen MR) is 121 cm³/mol. The first kappa shape index (κ1) is 21.7. The van der Waals surface area contributed by atoms with E-state index in [-0.39, 0.29) is 24.5 Å². The summed E-state index contributed by atoms with van der Waals surface area (Å²) in [4.78, 5) is 31.2. The summed E-state index contributed by atoms with van der Waals surface area (Å²) < 4.78 is 35.4. The Bertz CT molecular complexity index is 1110. The van der Waals surface area contributed by atoms with Crippen molar-refractivity contribution in [3.8, 4) is 6.01 Å². The van der Waals surface area contributed by atoms with Crippen LogP contribution in [0.4, 0.5) is 19.4 Å². The second kappa shape index (κ2) is 7.84. The number of aromatic nitrogens is 3. The second-order valence-corrected chi connectivity index (χ2v) is 11.6. The highest BCUT2D eigenvalue weighted by Crippen LogP contribution is 2.41. The van der Waals surface area contributed by atoms with Crippen LogP contribution in [0.3, 0.4) is 0 Å². The fourth-order valence-corrected chi connectivity index (χ4v) is 7.35. The molecule has 1 N–H and O–H groups in total. The molecule has 2 bridgehead atoms. The number of ether oxygens (including phenoxy) is 1. The molecule has 9 nitrogen and oxygen atoms in total. The van der Waals surface area contributed by atoms with Gasteiger partial charge < -0.3 is 14.7 Å². The van der Waals surface area contributed by atoms with Gasteiger partial charge in [0, 0.05) is 32.5 Å². The van der Waals surface area contributed by atoms with Crippen LogP contribution in [-0.2, 0) is 0 Å². The third kappa shape index (κ3) is 3.54. The Labute approximate surface area is 200 Å². The maximum absolute atomic E-state index is 14.6. The van der Waals surface area contributed by atoms with Crippen LogP contribution in [-0.4, -0.2) is 98.7 Å². The minimum atomic E-state index is -1.21. The smallest absolute Gasteiger partial charge is 0.408 e. The van der Waals surface area contributed by atoms with Crippen molar-refractivity contribution >= 4 is 49.5 Å². The van der Waals surface area contributed by atoms with Crippen LogP contribution in [0.2, 0.25) is 0 Å². The molecule has 4 fully saturated rings. The number of hydrogen-bond acceptors (Lipinski definition) is 8. The van der Waals surface area contributed by atoms with Gasteiger partial charge in [-0.2, -0.15) is 9.97 Å². The van der Waals surface area contributed by atoms with Gasteiger partial charge in [0.15, 0.2) is 14.6 Å². The molecule has 0 radical (unpaired) electrons. The second-order valence-electron chi connectivity index (χ2n) is 9.38. The molecule has 6 heterocycles. The van der Waals surface area contributed by atoms with Crippen LogP contribution in [0, 0.1) is 0 Å². The van der Waals surface area contributed by atoms with E-state index in [2.05, 4.69) is 35.8 Å². The van der Waals surface area contributed by atoms with E-state index in [1.165, 1.54) is 16.2 Å². The molecule has 33 heavy (non-hydrogen) atoms. The summed E-state index contributed by atoms with van der Waals surface area (Å²) in [7, 11) is 0. The summed E-state index contributed by atoms with van der Waals surface area (Å²) >= 11 is 4.75. The minimum absolute atomic E-state index is 0.175. The van der Waals surface area contributed by atoms with Gasteiger partial charge in [-0.25, -0.2) is 18.6 Å². The SMILES string of the molecule is O=C(O)N1[C@@H]2CC(F)[C@H]1CN(c1nc(OC[C@@]34CCCN3C[C@H](F)C4)nc3sc(Br)nc13)C2. The number of fused-ring (bicyclic) bond motifs is 4. The fraction of sp³-hybridized carbons (Fsp3) is 0.700. The lowest BCUT2D eigenvalue weighted by atomic mass is 9.95. The molecule has 2 aromatic rings. The molecule has 4 aliphatic heterocycles. The van der Waals surface area contributed by atoms with Crippen molar-refractivity contribution in [2.75, 3.05) is 37.7 Å². The Morgan fingerprint density at radius 2 is 2.12 bits per heavy atom. The summed E-state index contributed by atoms with van der Waals surface area (Å²) in [6.45, 7) is 2.13. The highest BCUT2D eigenvalue weighted by molar-refractivity contribution is 9.11. The summed E-state index contributed by atoms with van der Waals surface area (Å²) in [5.74, 6) is 0.515. The van der Waals surface area contributed by atoms with Gasteiger partial charge in [0.05, 0.1) is 17.6 Å². The summed E-state index contributed by atoms with van der Waals surface area (Å²) in [6, 6.07) is -1.01. The van der Waals surface area contributed by atoms with Crippen LogP contribution in [0.1, 0.15) is 25.7 Å². The van der Waals surface area contributed by atoms with E-state index in [4.69, 9.17) is 4.74 Å². The zero-order chi connectivity index (χ0) is 22.9. The molecule has 4 saturated heterocycles. The van der Waals surface area contributed by atoms with Crippen LogP contribution < -0.4 is 9.64 Å². The molecule has 5 atom stereocenters. The number of amides is 1. The highest BCUT2D eigenvalue weighted by atomic mass is 79.9. The van der Waals surface area contributed by atoms with Gasteiger partial charge in [0.25, 0.3) is 0 Å². The highest BCUT2D eigenvalue weighted by Gasteiger charge is 2.51. The van der Waals surface area contributed by atoms with Crippen LogP contribution in [0.5, 0.6) is 6.01 Å². The van der Waals surface area contributed by atoms with Crippen molar-refractivity contribution in [2.45, 2.75) is 55.6 Å². The van der Waals surface area contributed by atoms with E-state index >= 15 is 0 Å². The molecule has 4 aliphatic rings. The summed E-state index contributed by atoms with van der Waals surface area (Å²) in [5, 5.41) is 9.53. The molecule has 0 spiro atoms. The number of piperazine rings is 1. The van der Waals surface area contributed by atoms with Crippen molar-refractivity contribution < 1.29 is 23.4 Å². The normalized spacial score (nSPS) is 33.8. The molecule has 1 amide bonds. The molecule has 6 rings (SSSR count). The molecule has 1 unspecified atom stereocenters. The van der Waals surface area contributed by atoms with Gasteiger partial charge in [-0.3, -0.25) is 9.80 Å². The predicted octanol–water partition coefficient (Wildman–Crippen LogP) is 3.08. The van der Waals surface area contributed by atoms with Gasteiger partial charge in [-0.05, 0) is 35.3 Å². The maximum atomic E-state index is 14.6. The van der Waals surface area contributed by atoms with Crippen LogP contribution in [0.25, 0.3) is 10.3 Å². The van der Waals surface area contributed by atoms with Gasteiger partial charge in [0.1, 0.15) is 24.5 Å². The van der Waals surface area contributed by atoms with Gasteiger partial charge in [-0.1, -0.05) is 11.3 Å². The number of rotatable bonds is 4. The molecular formula is C20H23BrF2N6O3S. The van der Waals surface area contributed by atoms with Gasteiger partial charge in [0.2, 0.25) is 0 Å². The largest absolute Gasteiger partial charge is 0.465 e. The number of anilines is 1. The first-order valence-corrected chi connectivity index (χ1v) is 12.7. The van der Waals surface area contributed by atoms with E-state index in [0.29, 0.717) is 46.2 Å². The number of alkyl halides is 2. The Kier molecular flexibility index (Phi) is 5.14. The average Bonchev–Trinajstić information content (AvgIpc) is 3.45. The molecule has 0 aromatic carbocycles. The quantitative estimate of drug-likeness (QED) is 0.627. The van der Waals surface area contributed by atoms with Gasteiger partial charge in [-0.15, -0.1) is 0 Å². The number of carbonyl (C=O) groups is 1. The third-order valence-corrected chi connectivity index (χ3v) is 8.85. The van der Waals surface area contributed by atoms with Gasteiger partial charge >= 0.3 is 12.1 Å².